The van der Waals surface area contributed by atoms with Gasteiger partial charge >= 0.3 is 5.97 Å². The number of hydrogen-bond donors (Lipinski definition) is 0. The second-order valence-electron chi connectivity index (χ2n) is 2.01. The Morgan fingerprint density at radius 2 is 2.23 bits per heavy atom. The van der Waals surface area contributed by atoms with Crippen LogP contribution < -0.4 is 17.0 Å². The first-order valence-corrected chi connectivity index (χ1v) is 3.48. The molecule has 0 aromatic heterocycles. The molecular formula is C9H9BrO2Pd-. The van der Waals surface area contributed by atoms with Crippen molar-refractivity contribution in [3.05, 3.63) is 36.0 Å². The van der Waals surface area contributed by atoms with Crippen molar-refractivity contribution in [3.63, 3.8) is 0 Å². The van der Waals surface area contributed by atoms with Crippen LogP contribution in [-0.4, -0.2) is 12.6 Å². The number of rotatable bonds is 2. The van der Waals surface area contributed by atoms with Gasteiger partial charge in [0.2, 0.25) is 0 Å². The fourth-order valence-electron chi connectivity index (χ4n) is 0.737. The van der Waals surface area contributed by atoms with E-state index < -0.39 is 0 Å². The van der Waals surface area contributed by atoms with Gasteiger partial charge in [-0.1, -0.05) is 0 Å². The van der Waals surface area contributed by atoms with Crippen LogP contribution in [0.3, 0.4) is 0 Å². The third-order valence-electron chi connectivity index (χ3n) is 1.23. The number of ether oxygens (including phenoxy) is 1. The molecule has 1 rings (SSSR count). The summed E-state index contributed by atoms with van der Waals surface area (Å²) in [6.07, 6.45) is 6.73. The molecule has 1 aliphatic carbocycles. The monoisotopic (exact) mass is 334 g/mol. The summed E-state index contributed by atoms with van der Waals surface area (Å²) < 4.78 is 4.78. The molecule has 0 fully saturated rings. The van der Waals surface area contributed by atoms with Gasteiger partial charge in [0, 0.05) is 32.4 Å². The van der Waals surface area contributed by atoms with E-state index in [1.807, 2.05) is 0 Å². The minimum atomic E-state index is -0.276. The summed E-state index contributed by atoms with van der Waals surface area (Å²) in [5.74, 6) is -0.276. The van der Waals surface area contributed by atoms with Gasteiger partial charge < -0.3 is 21.7 Å². The predicted octanol–water partition coefficient (Wildman–Crippen LogP) is -1.59. The molecule has 0 aromatic carbocycles. The van der Waals surface area contributed by atoms with E-state index in [1.54, 1.807) is 31.6 Å². The van der Waals surface area contributed by atoms with Gasteiger partial charge in [-0.3, -0.25) is 0 Å². The largest absolute Gasteiger partial charge is 1.00 e. The van der Waals surface area contributed by atoms with Gasteiger partial charge in [-0.25, -0.2) is 4.79 Å². The molecular weight excluding hydrogens is 326 g/mol. The molecule has 0 bridgehead atoms. The van der Waals surface area contributed by atoms with Gasteiger partial charge in [-0.15, -0.1) is 5.73 Å². The SMILES string of the molecule is CCOC(=O)C1=CC=C=C[CH]1.[Br-].[Pd]. The standard InChI is InChI=1S/C9H9O2.BrH.Pd/c1-2-11-9(10)8-6-4-3-5-7-8;;/h4-7H,2H2,1H3;1H;/p-1. The van der Waals surface area contributed by atoms with E-state index in [4.69, 9.17) is 4.74 Å². The number of hydrogen-bond acceptors (Lipinski definition) is 2. The topological polar surface area (TPSA) is 26.3 Å². The number of carbonyl (C=O) groups is 1. The molecule has 0 unspecified atom stereocenters. The molecule has 0 aliphatic heterocycles. The molecule has 0 amide bonds. The van der Waals surface area contributed by atoms with Crippen molar-refractivity contribution < 1.29 is 46.9 Å². The second kappa shape index (κ2) is 8.47. The van der Waals surface area contributed by atoms with Gasteiger partial charge in [-0.2, -0.15) is 0 Å². The first kappa shape index (κ1) is 15.3. The summed E-state index contributed by atoms with van der Waals surface area (Å²) in [6, 6.07) is 0. The molecule has 1 radical (unpaired) electrons. The molecule has 4 heteroatoms. The Morgan fingerprint density at radius 3 is 2.69 bits per heavy atom. The van der Waals surface area contributed by atoms with Crippen molar-refractivity contribution >= 4 is 5.97 Å². The molecule has 75 valence electrons. The summed E-state index contributed by atoms with van der Waals surface area (Å²) in [4.78, 5) is 11.0. The van der Waals surface area contributed by atoms with Crippen LogP contribution in [0.5, 0.6) is 0 Å². The smallest absolute Gasteiger partial charge is 0.334 e. The minimum Gasteiger partial charge on any atom is -1.00 e. The Bertz CT molecular complexity index is 252. The first-order valence-electron chi connectivity index (χ1n) is 3.48. The Hall–Kier alpha value is -0.128. The van der Waals surface area contributed by atoms with E-state index in [9.17, 15) is 4.79 Å². The van der Waals surface area contributed by atoms with Crippen LogP contribution in [0.2, 0.25) is 0 Å². The summed E-state index contributed by atoms with van der Waals surface area (Å²) in [5, 5.41) is 0. The van der Waals surface area contributed by atoms with E-state index in [-0.39, 0.29) is 43.4 Å². The fourth-order valence-corrected chi connectivity index (χ4v) is 0.737. The molecule has 2 nitrogen and oxygen atoms in total. The van der Waals surface area contributed by atoms with Crippen LogP contribution in [0.25, 0.3) is 0 Å². The zero-order valence-electron chi connectivity index (χ0n) is 7.03. The Balaban J connectivity index is 0. The molecule has 0 saturated carbocycles. The van der Waals surface area contributed by atoms with Crippen molar-refractivity contribution in [1.29, 1.82) is 0 Å². The maximum absolute atomic E-state index is 11.0. The van der Waals surface area contributed by atoms with Crippen LogP contribution in [0.1, 0.15) is 6.92 Å². The first-order chi connectivity index (χ1) is 5.34. The van der Waals surface area contributed by atoms with E-state index in [0.29, 0.717) is 12.2 Å². The van der Waals surface area contributed by atoms with Gasteiger partial charge in [0.05, 0.1) is 6.61 Å². The average molecular weight is 335 g/mol. The van der Waals surface area contributed by atoms with Crippen LogP contribution >= 0.6 is 0 Å². The van der Waals surface area contributed by atoms with E-state index in [2.05, 4.69) is 5.73 Å². The molecule has 0 spiro atoms. The van der Waals surface area contributed by atoms with Crippen LogP contribution in [-0.2, 0) is 30.0 Å². The Labute approximate surface area is 102 Å². The Kier molecular flexibility index (Phi) is 10.0. The molecule has 0 N–H and O–H groups in total. The van der Waals surface area contributed by atoms with Gasteiger partial charge in [0.15, 0.2) is 0 Å². The number of esters is 1. The van der Waals surface area contributed by atoms with Gasteiger partial charge in [0.1, 0.15) is 0 Å². The molecule has 0 aromatic rings. The van der Waals surface area contributed by atoms with Gasteiger partial charge in [-0.05, 0) is 25.2 Å². The molecule has 0 saturated heterocycles. The maximum Gasteiger partial charge on any atom is 0.334 e. The number of carbonyl (C=O) groups excluding carboxylic acids is 1. The predicted molar refractivity (Wildman–Crippen MR) is 41.7 cm³/mol. The van der Waals surface area contributed by atoms with E-state index >= 15 is 0 Å². The van der Waals surface area contributed by atoms with Crippen LogP contribution in [0.15, 0.2) is 29.5 Å². The molecule has 0 heterocycles. The fraction of sp³-hybridized carbons (Fsp3) is 0.222. The summed E-state index contributed by atoms with van der Waals surface area (Å²) in [6.45, 7) is 2.20. The van der Waals surface area contributed by atoms with Crippen LogP contribution in [0, 0.1) is 6.42 Å². The van der Waals surface area contributed by atoms with Crippen molar-refractivity contribution in [3.8, 4) is 0 Å². The van der Waals surface area contributed by atoms with Crippen molar-refractivity contribution in [2.75, 3.05) is 6.61 Å². The third kappa shape index (κ3) is 5.23. The second-order valence-corrected chi connectivity index (χ2v) is 2.01. The van der Waals surface area contributed by atoms with Crippen molar-refractivity contribution in [1.82, 2.24) is 0 Å². The normalized spacial score (nSPS) is 12.2. The zero-order valence-corrected chi connectivity index (χ0v) is 10.2. The molecule has 0 atom stereocenters. The van der Waals surface area contributed by atoms with E-state index in [0.717, 1.165) is 0 Å². The number of allylic oxidation sites excluding steroid dienone is 2. The van der Waals surface area contributed by atoms with Crippen LogP contribution in [0.4, 0.5) is 0 Å². The third-order valence-corrected chi connectivity index (χ3v) is 1.23. The summed E-state index contributed by atoms with van der Waals surface area (Å²) in [5.41, 5.74) is 3.40. The van der Waals surface area contributed by atoms with Crippen molar-refractivity contribution in [2.24, 2.45) is 0 Å². The maximum atomic E-state index is 11.0. The number of halogens is 1. The quantitative estimate of drug-likeness (QED) is 0.345. The van der Waals surface area contributed by atoms with Gasteiger partial charge in [0.25, 0.3) is 0 Å². The summed E-state index contributed by atoms with van der Waals surface area (Å²) in [7, 11) is 0. The molecule has 13 heavy (non-hydrogen) atoms. The van der Waals surface area contributed by atoms with E-state index in [1.165, 1.54) is 0 Å². The Morgan fingerprint density at radius 1 is 1.54 bits per heavy atom. The summed E-state index contributed by atoms with van der Waals surface area (Å²) >= 11 is 0. The zero-order chi connectivity index (χ0) is 8.10. The molecule has 1 aliphatic rings. The van der Waals surface area contributed by atoms with Crippen molar-refractivity contribution in [2.45, 2.75) is 6.92 Å². The average Bonchev–Trinajstić information content (AvgIpc) is 2.07. The minimum absolute atomic E-state index is 0.